The lowest BCUT2D eigenvalue weighted by molar-refractivity contribution is -0.151. The highest BCUT2D eigenvalue weighted by atomic mass is 16.5. The minimum absolute atomic E-state index is 0.400. The van der Waals surface area contributed by atoms with Crippen molar-refractivity contribution in [2.45, 2.75) is 6.10 Å². The van der Waals surface area contributed by atoms with Crippen LogP contribution >= 0.6 is 0 Å². The van der Waals surface area contributed by atoms with Crippen LogP contribution in [0.5, 0.6) is 0 Å². The molecule has 5 heteroatoms. The molecule has 2 heterocycles. The lowest BCUT2D eigenvalue weighted by Crippen LogP contribution is -2.15. The number of aliphatic hydroxyl groups is 1. The molecule has 78 valence electrons. The van der Waals surface area contributed by atoms with Gasteiger partial charge in [0, 0.05) is 6.20 Å². The van der Waals surface area contributed by atoms with Gasteiger partial charge in [-0.1, -0.05) is 6.07 Å². The van der Waals surface area contributed by atoms with E-state index in [0.717, 1.165) is 0 Å². The van der Waals surface area contributed by atoms with Crippen LogP contribution in [-0.2, 0) is 9.53 Å². The van der Waals surface area contributed by atoms with Crippen molar-refractivity contribution in [3.8, 4) is 0 Å². The first-order chi connectivity index (χ1) is 7.24. The highest BCUT2D eigenvalue weighted by molar-refractivity contribution is 5.75. The Hall–Kier alpha value is -1.88. The van der Waals surface area contributed by atoms with Crippen molar-refractivity contribution in [2.75, 3.05) is 7.11 Å². The van der Waals surface area contributed by atoms with E-state index in [1.54, 1.807) is 22.7 Å². The number of hydrogen-bond donors (Lipinski definition) is 1. The van der Waals surface area contributed by atoms with Crippen molar-refractivity contribution in [3.05, 3.63) is 36.3 Å². The molecule has 2 rings (SSSR count). The third-order valence-electron chi connectivity index (χ3n) is 2.15. The van der Waals surface area contributed by atoms with Gasteiger partial charge in [0.2, 0.25) is 0 Å². The molecule has 0 fully saturated rings. The molecule has 15 heavy (non-hydrogen) atoms. The average molecular weight is 206 g/mol. The van der Waals surface area contributed by atoms with E-state index in [-0.39, 0.29) is 0 Å². The number of ether oxygens (including phenoxy) is 1. The minimum Gasteiger partial charge on any atom is -0.467 e. The van der Waals surface area contributed by atoms with Crippen molar-refractivity contribution in [3.63, 3.8) is 0 Å². The number of imidazole rings is 1. The van der Waals surface area contributed by atoms with Crippen LogP contribution in [0.15, 0.2) is 30.6 Å². The lowest BCUT2D eigenvalue weighted by Gasteiger charge is -2.07. The Morgan fingerprint density at radius 2 is 2.40 bits per heavy atom. The van der Waals surface area contributed by atoms with Crippen LogP contribution < -0.4 is 0 Å². The number of carbonyl (C=O) groups excluding carboxylic acids is 1. The fourth-order valence-electron chi connectivity index (χ4n) is 1.39. The van der Waals surface area contributed by atoms with Gasteiger partial charge in [-0.15, -0.1) is 0 Å². The zero-order chi connectivity index (χ0) is 10.8. The SMILES string of the molecule is COC(=O)C(O)c1cnc2ccccn12. The highest BCUT2D eigenvalue weighted by Crippen LogP contribution is 2.15. The smallest absolute Gasteiger partial charge is 0.341 e. The molecule has 0 aromatic carbocycles. The van der Waals surface area contributed by atoms with Crippen LogP contribution in [0.2, 0.25) is 0 Å². The Morgan fingerprint density at radius 1 is 1.60 bits per heavy atom. The summed E-state index contributed by atoms with van der Waals surface area (Å²) < 4.78 is 6.10. The molecule has 0 amide bonds. The highest BCUT2D eigenvalue weighted by Gasteiger charge is 2.21. The number of carbonyl (C=O) groups is 1. The molecule has 0 aliphatic carbocycles. The maximum absolute atomic E-state index is 11.1. The molecule has 0 bridgehead atoms. The lowest BCUT2D eigenvalue weighted by atomic mass is 10.3. The molecular weight excluding hydrogens is 196 g/mol. The fourth-order valence-corrected chi connectivity index (χ4v) is 1.39. The molecule has 0 aliphatic heterocycles. The van der Waals surface area contributed by atoms with Gasteiger partial charge in [0.25, 0.3) is 0 Å². The predicted molar refractivity (Wildman–Crippen MR) is 52.2 cm³/mol. The van der Waals surface area contributed by atoms with Crippen molar-refractivity contribution in [2.24, 2.45) is 0 Å². The molecule has 0 saturated carbocycles. The molecule has 1 unspecified atom stereocenters. The van der Waals surface area contributed by atoms with Crippen LogP contribution in [0.4, 0.5) is 0 Å². The summed E-state index contributed by atoms with van der Waals surface area (Å²) in [6.07, 6.45) is 1.88. The summed E-state index contributed by atoms with van der Waals surface area (Å²) in [6, 6.07) is 5.41. The van der Waals surface area contributed by atoms with Crippen LogP contribution in [0.3, 0.4) is 0 Å². The van der Waals surface area contributed by atoms with Crippen molar-refractivity contribution >= 4 is 11.6 Å². The number of methoxy groups -OCH3 is 1. The Bertz CT molecular complexity index is 492. The standard InChI is InChI=1S/C10H10N2O3/c1-15-10(14)9(13)7-6-11-8-4-2-3-5-12(7)8/h2-6,9,13H,1H3. The zero-order valence-corrected chi connectivity index (χ0v) is 8.12. The van der Waals surface area contributed by atoms with Crippen LogP contribution in [0.25, 0.3) is 5.65 Å². The molecule has 0 radical (unpaired) electrons. The number of fused-ring (bicyclic) bond motifs is 1. The fraction of sp³-hybridized carbons (Fsp3) is 0.200. The third kappa shape index (κ3) is 1.57. The summed E-state index contributed by atoms with van der Waals surface area (Å²) >= 11 is 0. The van der Waals surface area contributed by atoms with E-state index >= 15 is 0 Å². The molecule has 0 spiro atoms. The maximum atomic E-state index is 11.1. The van der Waals surface area contributed by atoms with Gasteiger partial charge in [0.1, 0.15) is 5.65 Å². The molecule has 2 aromatic heterocycles. The van der Waals surface area contributed by atoms with Crippen molar-refractivity contribution in [1.29, 1.82) is 0 Å². The summed E-state index contributed by atoms with van der Waals surface area (Å²) in [5.41, 5.74) is 1.08. The second kappa shape index (κ2) is 3.70. The second-order valence-corrected chi connectivity index (χ2v) is 3.04. The largest absolute Gasteiger partial charge is 0.467 e. The summed E-state index contributed by atoms with van der Waals surface area (Å²) in [4.78, 5) is 15.2. The molecule has 0 aliphatic rings. The summed E-state index contributed by atoms with van der Waals surface area (Å²) in [6.45, 7) is 0. The molecule has 5 nitrogen and oxygen atoms in total. The van der Waals surface area contributed by atoms with Gasteiger partial charge < -0.3 is 14.2 Å². The Labute approximate surface area is 85.9 Å². The van der Waals surface area contributed by atoms with Gasteiger partial charge in [-0.05, 0) is 12.1 Å². The first kappa shape index (κ1) is 9.67. The van der Waals surface area contributed by atoms with Crippen LogP contribution in [0, 0.1) is 0 Å². The van der Waals surface area contributed by atoms with Gasteiger partial charge in [0.05, 0.1) is 19.0 Å². The van der Waals surface area contributed by atoms with Crippen molar-refractivity contribution in [1.82, 2.24) is 9.38 Å². The predicted octanol–water partition coefficient (Wildman–Crippen LogP) is 0.541. The minimum atomic E-state index is -1.30. The normalized spacial score (nSPS) is 12.7. The van der Waals surface area contributed by atoms with Gasteiger partial charge >= 0.3 is 5.97 Å². The quantitative estimate of drug-likeness (QED) is 0.728. The van der Waals surface area contributed by atoms with Gasteiger partial charge in [-0.25, -0.2) is 9.78 Å². The number of hydrogen-bond acceptors (Lipinski definition) is 4. The van der Waals surface area contributed by atoms with E-state index in [4.69, 9.17) is 0 Å². The topological polar surface area (TPSA) is 63.8 Å². The van der Waals surface area contributed by atoms with E-state index in [2.05, 4.69) is 9.72 Å². The number of rotatable bonds is 2. The number of aromatic nitrogens is 2. The summed E-state index contributed by atoms with van der Waals surface area (Å²) in [7, 11) is 1.23. The maximum Gasteiger partial charge on any atom is 0.341 e. The van der Waals surface area contributed by atoms with Crippen LogP contribution in [0.1, 0.15) is 11.8 Å². The number of esters is 1. The molecule has 2 aromatic rings. The molecule has 1 N–H and O–H groups in total. The molecular formula is C10H10N2O3. The summed E-state index contributed by atoms with van der Waals surface area (Å²) in [5, 5.41) is 9.64. The Balaban J connectivity index is 2.48. The van der Waals surface area contributed by atoms with Gasteiger partial charge in [-0.2, -0.15) is 0 Å². The van der Waals surface area contributed by atoms with E-state index in [1.807, 2.05) is 6.07 Å². The first-order valence-electron chi connectivity index (χ1n) is 4.42. The first-order valence-corrected chi connectivity index (χ1v) is 4.42. The molecule has 1 atom stereocenters. The van der Waals surface area contributed by atoms with E-state index in [0.29, 0.717) is 11.3 Å². The van der Waals surface area contributed by atoms with Crippen molar-refractivity contribution < 1.29 is 14.6 Å². The number of pyridine rings is 1. The average Bonchev–Trinajstić information content (AvgIpc) is 2.70. The molecule has 0 saturated heterocycles. The van der Waals surface area contributed by atoms with Crippen LogP contribution in [-0.4, -0.2) is 27.6 Å². The Kier molecular flexibility index (Phi) is 2.39. The van der Waals surface area contributed by atoms with Gasteiger partial charge in [0.15, 0.2) is 6.10 Å². The second-order valence-electron chi connectivity index (χ2n) is 3.04. The zero-order valence-electron chi connectivity index (χ0n) is 8.12. The van der Waals surface area contributed by atoms with E-state index in [9.17, 15) is 9.90 Å². The van der Waals surface area contributed by atoms with E-state index < -0.39 is 12.1 Å². The summed E-state index contributed by atoms with van der Waals surface area (Å²) in [5.74, 6) is -0.694. The number of nitrogens with zero attached hydrogens (tertiary/aromatic N) is 2. The van der Waals surface area contributed by atoms with E-state index in [1.165, 1.54) is 13.3 Å². The third-order valence-corrected chi connectivity index (χ3v) is 2.15. The monoisotopic (exact) mass is 206 g/mol. The Morgan fingerprint density at radius 3 is 3.13 bits per heavy atom. The van der Waals surface area contributed by atoms with Gasteiger partial charge in [-0.3, -0.25) is 0 Å². The number of aliphatic hydroxyl groups excluding tert-OH is 1.